The number of ether oxygens (including phenoxy) is 1. The molecule has 2 aromatic carbocycles. The maximum atomic E-state index is 12.7. The average molecular weight is 426 g/mol. The summed E-state index contributed by atoms with van der Waals surface area (Å²) in [5.74, 6) is 1.79. The highest BCUT2D eigenvalue weighted by Gasteiger charge is 2.14. The van der Waals surface area contributed by atoms with E-state index in [2.05, 4.69) is 20.4 Å². The van der Waals surface area contributed by atoms with Crippen LogP contribution in [0.3, 0.4) is 0 Å². The van der Waals surface area contributed by atoms with Crippen molar-refractivity contribution in [3.8, 4) is 0 Å². The molecule has 1 aliphatic heterocycles. The van der Waals surface area contributed by atoms with Crippen LogP contribution in [0.1, 0.15) is 16.2 Å². The molecule has 0 aliphatic carbocycles. The van der Waals surface area contributed by atoms with Crippen molar-refractivity contribution in [3.63, 3.8) is 0 Å². The number of nitrogens with one attached hydrogen (secondary N) is 1. The smallest absolute Gasteiger partial charge is 0.251 e. The molecule has 1 fully saturated rings. The molecular weight excluding hydrogens is 398 g/mol. The van der Waals surface area contributed by atoms with Crippen LogP contribution in [0, 0.1) is 0 Å². The molecule has 0 saturated carbocycles. The van der Waals surface area contributed by atoms with Crippen LogP contribution in [0.2, 0.25) is 0 Å². The molecule has 1 aliphatic rings. The van der Waals surface area contributed by atoms with Gasteiger partial charge in [-0.2, -0.15) is 0 Å². The van der Waals surface area contributed by atoms with Crippen LogP contribution >= 0.6 is 11.8 Å². The van der Waals surface area contributed by atoms with Crippen LogP contribution in [0.25, 0.3) is 10.8 Å². The zero-order chi connectivity index (χ0) is 20.8. The molecule has 8 heteroatoms. The molecule has 1 aromatic heterocycles. The third kappa shape index (κ3) is 5.00. The molecule has 0 unspecified atom stereocenters. The standard InChI is InChI=1S/C22H27N5O2S/c1-26-20(24-25-22(26)30-16-13-27-11-14-29-15-12-27)9-10-23-21(28)19-8-4-6-17-5-2-3-7-18(17)19/h2-8H,9-16H2,1H3,(H,23,28). The van der Waals surface area contributed by atoms with Gasteiger partial charge in [-0.1, -0.05) is 48.2 Å². The lowest BCUT2D eigenvalue weighted by atomic mass is 10.0. The number of fused-ring (bicyclic) bond motifs is 1. The predicted octanol–water partition coefficient (Wildman–Crippen LogP) is 2.37. The lowest BCUT2D eigenvalue weighted by Crippen LogP contribution is -2.37. The molecule has 0 atom stereocenters. The number of amides is 1. The molecule has 30 heavy (non-hydrogen) atoms. The second kappa shape index (κ2) is 10.1. The first kappa shape index (κ1) is 20.8. The Labute approximate surface area is 180 Å². The third-order valence-electron chi connectivity index (χ3n) is 5.34. The molecule has 1 saturated heterocycles. The summed E-state index contributed by atoms with van der Waals surface area (Å²) in [6, 6.07) is 13.7. The fraction of sp³-hybridized carbons (Fsp3) is 0.409. The zero-order valence-electron chi connectivity index (χ0n) is 17.2. The monoisotopic (exact) mass is 425 g/mol. The van der Waals surface area contributed by atoms with Gasteiger partial charge in [-0.05, 0) is 16.8 Å². The first-order valence-corrected chi connectivity index (χ1v) is 11.3. The van der Waals surface area contributed by atoms with Crippen molar-refractivity contribution >= 4 is 28.4 Å². The molecule has 1 amide bonds. The summed E-state index contributed by atoms with van der Waals surface area (Å²) in [6.07, 6.45) is 0.643. The number of carbonyl (C=O) groups excluding carboxylic acids is 1. The molecule has 2 heterocycles. The SMILES string of the molecule is Cn1c(CCNC(=O)c2cccc3ccccc23)nnc1SCCN1CCOCC1. The maximum absolute atomic E-state index is 12.7. The van der Waals surface area contributed by atoms with Gasteiger partial charge in [-0.25, -0.2) is 0 Å². The van der Waals surface area contributed by atoms with E-state index in [0.29, 0.717) is 18.5 Å². The molecule has 158 valence electrons. The maximum Gasteiger partial charge on any atom is 0.251 e. The highest BCUT2D eigenvalue weighted by Crippen LogP contribution is 2.19. The van der Waals surface area contributed by atoms with Gasteiger partial charge < -0.3 is 14.6 Å². The van der Waals surface area contributed by atoms with E-state index in [4.69, 9.17) is 4.74 Å². The van der Waals surface area contributed by atoms with Crippen molar-refractivity contribution in [1.82, 2.24) is 25.0 Å². The molecule has 0 bridgehead atoms. The van der Waals surface area contributed by atoms with Crippen LogP contribution in [0.4, 0.5) is 0 Å². The molecule has 4 rings (SSSR count). The minimum absolute atomic E-state index is 0.0610. The normalized spacial score (nSPS) is 14.8. The predicted molar refractivity (Wildman–Crippen MR) is 119 cm³/mol. The number of rotatable bonds is 8. The van der Waals surface area contributed by atoms with Gasteiger partial charge >= 0.3 is 0 Å². The van der Waals surface area contributed by atoms with Gasteiger partial charge in [0, 0.05) is 51.0 Å². The first-order chi connectivity index (χ1) is 14.7. The highest BCUT2D eigenvalue weighted by molar-refractivity contribution is 7.99. The van der Waals surface area contributed by atoms with E-state index in [1.165, 1.54) is 0 Å². The van der Waals surface area contributed by atoms with E-state index in [1.54, 1.807) is 11.8 Å². The Hall–Kier alpha value is -2.42. The quantitative estimate of drug-likeness (QED) is 0.559. The minimum Gasteiger partial charge on any atom is -0.379 e. The van der Waals surface area contributed by atoms with Crippen molar-refractivity contribution in [2.45, 2.75) is 11.6 Å². The molecule has 7 nitrogen and oxygen atoms in total. The van der Waals surface area contributed by atoms with Crippen molar-refractivity contribution in [2.75, 3.05) is 45.1 Å². The Balaban J connectivity index is 1.27. The van der Waals surface area contributed by atoms with E-state index in [1.807, 2.05) is 54.1 Å². The number of thioether (sulfide) groups is 1. The molecular formula is C22H27N5O2S. The van der Waals surface area contributed by atoms with Crippen molar-refractivity contribution in [2.24, 2.45) is 7.05 Å². The van der Waals surface area contributed by atoms with Gasteiger partial charge in [0.1, 0.15) is 5.82 Å². The van der Waals surface area contributed by atoms with E-state index >= 15 is 0 Å². The van der Waals surface area contributed by atoms with Gasteiger partial charge in [-0.3, -0.25) is 9.69 Å². The summed E-state index contributed by atoms with van der Waals surface area (Å²) in [7, 11) is 1.99. The van der Waals surface area contributed by atoms with Gasteiger partial charge in [0.25, 0.3) is 5.91 Å². The van der Waals surface area contributed by atoms with Crippen molar-refractivity contribution < 1.29 is 9.53 Å². The van der Waals surface area contributed by atoms with Gasteiger partial charge in [0.2, 0.25) is 0 Å². The zero-order valence-corrected chi connectivity index (χ0v) is 18.0. The lowest BCUT2D eigenvalue weighted by molar-refractivity contribution is 0.0410. The number of aromatic nitrogens is 3. The Morgan fingerprint density at radius 2 is 1.93 bits per heavy atom. The fourth-order valence-electron chi connectivity index (χ4n) is 3.59. The summed E-state index contributed by atoms with van der Waals surface area (Å²) >= 11 is 1.72. The topological polar surface area (TPSA) is 72.3 Å². The number of nitrogens with zero attached hydrogens (tertiary/aromatic N) is 4. The Kier molecular flexibility index (Phi) is 6.99. The summed E-state index contributed by atoms with van der Waals surface area (Å²) in [5.41, 5.74) is 0.699. The van der Waals surface area contributed by atoms with Crippen molar-refractivity contribution in [1.29, 1.82) is 0 Å². The fourth-order valence-corrected chi connectivity index (χ4v) is 4.52. The molecule has 1 N–H and O–H groups in total. The number of benzene rings is 2. The van der Waals surface area contributed by atoms with E-state index in [9.17, 15) is 4.79 Å². The summed E-state index contributed by atoms with van der Waals surface area (Å²) < 4.78 is 7.41. The highest BCUT2D eigenvalue weighted by atomic mass is 32.2. The Morgan fingerprint density at radius 3 is 2.80 bits per heavy atom. The van der Waals surface area contributed by atoms with Gasteiger partial charge in [0.15, 0.2) is 5.16 Å². The van der Waals surface area contributed by atoms with E-state index in [0.717, 1.165) is 60.4 Å². The number of hydrogen-bond donors (Lipinski definition) is 1. The van der Waals surface area contributed by atoms with E-state index in [-0.39, 0.29) is 5.91 Å². The van der Waals surface area contributed by atoms with Crippen molar-refractivity contribution in [3.05, 3.63) is 53.9 Å². The second-order valence-electron chi connectivity index (χ2n) is 7.29. The largest absolute Gasteiger partial charge is 0.379 e. The van der Waals surface area contributed by atoms with Gasteiger partial charge in [-0.15, -0.1) is 10.2 Å². The number of carbonyl (C=O) groups is 1. The van der Waals surface area contributed by atoms with Crippen LogP contribution < -0.4 is 5.32 Å². The first-order valence-electron chi connectivity index (χ1n) is 10.3. The lowest BCUT2D eigenvalue weighted by Gasteiger charge is -2.26. The average Bonchev–Trinajstić information content (AvgIpc) is 3.13. The summed E-state index contributed by atoms with van der Waals surface area (Å²) in [6.45, 7) is 5.19. The third-order valence-corrected chi connectivity index (χ3v) is 6.34. The summed E-state index contributed by atoms with van der Waals surface area (Å²) in [5, 5.41) is 14.6. The number of hydrogen-bond acceptors (Lipinski definition) is 6. The Morgan fingerprint density at radius 1 is 1.13 bits per heavy atom. The minimum atomic E-state index is -0.0610. The molecule has 3 aromatic rings. The van der Waals surface area contributed by atoms with Crippen LogP contribution in [-0.2, 0) is 18.2 Å². The van der Waals surface area contributed by atoms with Crippen LogP contribution in [0.5, 0.6) is 0 Å². The van der Waals surface area contributed by atoms with Crippen LogP contribution in [-0.4, -0.2) is 70.7 Å². The van der Waals surface area contributed by atoms with Gasteiger partial charge in [0.05, 0.1) is 13.2 Å². The Bertz CT molecular complexity index is 995. The number of morpholine rings is 1. The second-order valence-corrected chi connectivity index (χ2v) is 8.35. The molecule has 0 spiro atoms. The van der Waals surface area contributed by atoms with E-state index < -0.39 is 0 Å². The van der Waals surface area contributed by atoms with Crippen LogP contribution in [0.15, 0.2) is 47.6 Å². The summed E-state index contributed by atoms with van der Waals surface area (Å²) in [4.78, 5) is 15.1. The molecule has 0 radical (unpaired) electrons.